The highest BCUT2D eigenvalue weighted by molar-refractivity contribution is 7.27. The summed E-state index contributed by atoms with van der Waals surface area (Å²) in [4.78, 5) is 5.01. The van der Waals surface area contributed by atoms with Gasteiger partial charge in [0, 0.05) is 47.4 Å². The van der Waals surface area contributed by atoms with Gasteiger partial charge >= 0.3 is 0 Å². The van der Waals surface area contributed by atoms with E-state index in [1.807, 2.05) is 23.5 Å². The van der Waals surface area contributed by atoms with Gasteiger partial charge in [0.15, 0.2) is 0 Å². The molecule has 2 aromatic heterocycles. The Kier molecular flexibility index (Phi) is 5.45. The van der Waals surface area contributed by atoms with Crippen LogP contribution >= 0.6 is 11.3 Å². The number of fused-ring (bicyclic) bond motifs is 10. The van der Waals surface area contributed by atoms with E-state index in [2.05, 4.69) is 155 Å². The van der Waals surface area contributed by atoms with Crippen LogP contribution in [-0.4, -0.2) is 20.8 Å². The highest BCUT2D eigenvalue weighted by Crippen LogP contribution is 2.47. The summed E-state index contributed by atoms with van der Waals surface area (Å²) in [6.07, 6.45) is 0. The Morgan fingerprint density at radius 1 is 0.500 bits per heavy atom. The first-order chi connectivity index (χ1) is 22.8. The Morgan fingerprint density at radius 3 is 1.87 bits per heavy atom. The van der Waals surface area contributed by atoms with Crippen molar-refractivity contribution in [3.8, 4) is 5.69 Å². The second kappa shape index (κ2) is 9.83. The molecule has 0 radical (unpaired) electrons. The summed E-state index contributed by atoms with van der Waals surface area (Å²) in [5.74, 6) is 1.92. The first-order valence-corrected chi connectivity index (χ1v) is 16.4. The maximum Gasteiger partial charge on any atom is 0.279 e. The summed E-state index contributed by atoms with van der Waals surface area (Å²) in [5, 5.41) is 7.86. The van der Waals surface area contributed by atoms with E-state index in [1.54, 1.807) is 0 Å². The van der Waals surface area contributed by atoms with Gasteiger partial charge in [0.2, 0.25) is 0 Å². The molecule has 0 saturated heterocycles. The third-order valence-corrected chi connectivity index (χ3v) is 10.4. The van der Waals surface area contributed by atoms with E-state index >= 15 is 0 Å². The summed E-state index contributed by atoms with van der Waals surface area (Å²) in [6.45, 7) is 0. The molecular formula is C42H26N3S+. The fourth-order valence-corrected chi connectivity index (χ4v) is 8.45. The normalized spacial score (nSPS) is 13.3. The zero-order valence-corrected chi connectivity index (χ0v) is 25.6. The monoisotopic (exact) mass is 604 g/mol. The minimum atomic E-state index is 0.960. The predicted octanol–water partition coefficient (Wildman–Crippen LogP) is 10.9. The van der Waals surface area contributed by atoms with Crippen molar-refractivity contribution in [3.63, 3.8) is 0 Å². The number of hydrogen-bond acceptors (Lipinski definition) is 2. The molecule has 1 aliphatic rings. The number of aliphatic imine (C=N–C) groups is 1. The van der Waals surface area contributed by atoms with Crippen LogP contribution in [0, 0.1) is 0 Å². The van der Waals surface area contributed by atoms with Crippen LogP contribution in [0.4, 0.5) is 5.69 Å². The average Bonchev–Trinajstić information content (AvgIpc) is 3.66. The van der Waals surface area contributed by atoms with Gasteiger partial charge in [-0.05, 0) is 60.7 Å². The number of aromatic nitrogens is 1. The van der Waals surface area contributed by atoms with Gasteiger partial charge < -0.3 is 4.57 Å². The second-order valence-corrected chi connectivity index (χ2v) is 12.8. The van der Waals surface area contributed by atoms with Crippen molar-refractivity contribution in [2.24, 2.45) is 4.99 Å². The van der Waals surface area contributed by atoms with E-state index in [9.17, 15) is 0 Å². The molecule has 0 saturated carbocycles. The van der Waals surface area contributed by atoms with Gasteiger partial charge in [-0.15, -0.1) is 11.3 Å². The third-order valence-electron chi connectivity index (χ3n) is 9.21. The highest BCUT2D eigenvalue weighted by atomic mass is 32.1. The molecule has 0 aliphatic carbocycles. The van der Waals surface area contributed by atoms with Crippen molar-refractivity contribution in [2.45, 2.75) is 0 Å². The lowest BCUT2D eigenvalue weighted by Crippen LogP contribution is -2.34. The molecule has 0 fully saturated rings. The number of rotatable bonds is 4. The van der Waals surface area contributed by atoms with Gasteiger partial charge in [-0.2, -0.15) is 4.58 Å². The summed E-state index contributed by atoms with van der Waals surface area (Å²) in [7, 11) is 0. The number of hydrogen-bond donors (Lipinski definition) is 0. The molecule has 4 heteroatoms. The molecule has 0 spiro atoms. The van der Waals surface area contributed by atoms with Crippen molar-refractivity contribution >= 4 is 81.4 Å². The SMILES string of the molecule is c1ccc(C2=NC(c3ccccc3)=[N+]2c2ccc(-n3c4ccccc4c4c5c6ccccc6sc5c5ccccc5c43)cc2)cc1. The number of thiophene rings is 1. The van der Waals surface area contributed by atoms with E-state index in [-0.39, 0.29) is 0 Å². The summed E-state index contributed by atoms with van der Waals surface area (Å²) in [6, 6.07) is 56.5. The molecule has 7 aromatic carbocycles. The van der Waals surface area contributed by atoms with Crippen molar-refractivity contribution in [1.82, 2.24) is 4.57 Å². The molecule has 0 amide bonds. The summed E-state index contributed by atoms with van der Waals surface area (Å²) >= 11 is 1.90. The lowest BCUT2D eigenvalue weighted by molar-refractivity contribution is -0.319. The van der Waals surface area contributed by atoms with Crippen molar-refractivity contribution in [3.05, 3.63) is 169 Å². The first kappa shape index (κ1) is 25.5. The number of benzene rings is 7. The molecule has 1 aliphatic heterocycles. The van der Waals surface area contributed by atoms with Gasteiger partial charge in [0.25, 0.3) is 11.7 Å². The standard InChI is InChI=1S/C42H26N3S/c1-3-13-27(14-4-1)41-43-42(28-15-5-2-6-16-28)45(41)30-25-23-29(24-26-30)44-35-21-11-9-19-33(35)37-38-34-20-10-12-22-36(34)46-40(38)32-18-8-7-17-31(32)39(37)44/h1-26H/q+1. The lowest BCUT2D eigenvalue weighted by Gasteiger charge is -2.20. The van der Waals surface area contributed by atoms with Crippen molar-refractivity contribution < 1.29 is 4.58 Å². The Bertz CT molecular complexity index is 2710. The van der Waals surface area contributed by atoms with Crippen LogP contribution < -0.4 is 0 Å². The van der Waals surface area contributed by atoms with Crippen LogP contribution in [0.2, 0.25) is 0 Å². The molecule has 0 unspecified atom stereocenters. The van der Waals surface area contributed by atoms with Crippen molar-refractivity contribution in [2.75, 3.05) is 0 Å². The Balaban J connectivity index is 1.23. The van der Waals surface area contributed by atoms with E-state index in [0.717, 1.165) is 34.2 Å². The van der Waals surface area contributed by atoms with Crippen LogP contribution in [0.25, 0.3) is 58.4 Å². The molecule has 214 valence electrons. The molecule has 0 bridgehead atoms. The van der Waals surface area contributed by atoms with Crippen molar-refractivity contribution in [1.29, 1.82) is 0 Å². The first-order valence-electron chi connectivity index (χ1n) is 15.6. The molecule has 0 atom stereocenters. The van der Waals surface area contributed by atoms with Crippen LogP contribution in [0.5, 0.6) is 0 Å². The quantitative estimate of drug-likeness (QED) is 0.178. The van der Waals surface area contributed by atoms with Crippen LogP contribution in [0.3, 0.4) is 0 Å². The summed E-state index contributed by atoms with van der Waals surface area (Å²) in [5.41, 5.74) is 6.91. The maximum atomic E-state index is 5.01. The Labute approximate surface area is 269 Å². The number of para-hydroxylation sites is 1. The van der Waals surface area contributed by atoms with Gasteiger partial charge in [-0.1, -0.05) is 102 Å². The predicted molar refractivity (Wildman–Crippen MR) is 195 cm³/mol. The largest absolute Gasteiger partial charge is 0.309 e. The third kappa shape index (κ3) is 3.59. The molecule has 3 nitrogen and oxygen atoms in total. The number of amidine groups is 2. The van der Waals surface area contributed by atoms with Crippen LogP contribution in [0.1, 0.15) is 11.1 Å². The zero-order chi connectivity index (χ0) is 30.2. The van der Waals surface area contributed by atoms with Crippen LogP contribution in [0.15, 0.2) is 163 Å². The Morgan fingerprint density at radius 2 is 1.11 bits per heavy atom. The van der Waals surface area contributed by atoms with E-state index in [4.69, 9.17) is 4.99 Å². The van der Waals surface area contributed by atoms with Gasteiger partial charge in [-0.3, -0.25) is 0 Å². The zero-order valence-electron chi connectivity index (χ0n) is 24.8. The molecule has 3 heterocycles. The average molecular weight is 605 g/mol. The fraction of sp³-hybridized carbons (Fsp3) is 0. The minimum Gasteiger partial charge on any atom is -0.309 e. The maximum absolute atomic E-state index is 5.01. The molecule has 9 aromatic rings. The van der Waals surface area contributed by atoms with E-state index in [1.165, 1.54) is 52.8 Å². The molecular weight excluding hydrogens is 579 g/mol. The topological polar surface area (TPSA) is 20.3 Å². The smallest absolute Gasteiger partial charge is 0.279 e. The van der Waals surface area contributed by atoms with Crippen LogP contribution in [-0.2, 0) is 0 Å². The fourth-order valence-electron chi connectivity index (χ4n) is 7.20. The minimum absolute atomic E-state index is 0.960. The molecule has 46 heavy (non-hydrogen) atoms. The lowest BCUT2D eigenvalue weighted by atomic mass is 10.00. The van der Waals surface area contributed by atoms with E-state index in [0.29, 0.717) is 0 Å². The Hall–Kier alpha value is -5.84. The highest BCUT2D eigenvalue weighted by Gasteiger charge is 2.33. The number of nitrogens with zero attached hydrogens (tertiary/aromatic N) is 3. The molecule has 10 rings (SSSR count). The van der Waals surface area contributed by atoms with Gasteiger partial charge in [0.05, 0.1) is 22.2 Å². The van der Waals surface area contributed by atoms with Gasteiger partial charge in [-0.25, -0.2) is 0 Å². The summed E-state index contributed by atoms with van der Waals surface area (Å²) < 4.78 is 7.42. The van der Waals surface area contributed by atoms with E-state index < -0.39 is 0 Å². The van der Waals surface area contributed by atoms with Gasteiger partial charge in [0.1, 0.15) is 5.69 Å². The molecule has 0 N–H and O–H groups in total. The second-order valence-electron chi connectivity index (χ2n) is 11.8.